The summed E-state index contributed by atoms with van der Waals surface area (Å²) in [6.45, 7) is 7.33. The topological polar surface area (TPSA) is 21.3 Å². The molecule has 0 aliphatic heterocycles. The van der Waals surface area contributed by atoms with Crippen LogP contribution in [0.3, 0.4) is 0 Å². The summed E-state index contributed by atoms with van der Waals surface area (Å²) in [5.74, 6) is 0.917. The minimum Gasteiger partial charge on any atom is -0.489 e. The van der Waals surface area contributed by atoms with Gasteiger partial charge in [-0.25, -0.2) is 0 Å². The first-order chi connectivity index (χ1) is 10.0. The van der Waals surface area contributed by atoms with Crippen molar-refractivity contribution in [3.8, 4) is 5.75 Å². The summed E-state index contributed by atoms with van der Waals surface area (Å²) < 4.78 is 5.91. The van der Waals surface area contributed by atoms with Gasteiger partial charge in [-0.15, -0.1) is 0 Å². The number of rotatable bonds is 5. The third-order valence-corrected chi connectivity index (χ3v) is 3.59. The molecule has 0 aromatic heterocycles. The van der Waals surface area contributed by atoms with E-state index in [1.165, 1.54) is 11.1 Å². The number of hydrogen-bond donors (Lipinski definition) is 1. The van der Waals surface area contributed by atoms with Gasteiger partial charge in [0.2, 0.25) is 0 Å². The van der Waals surface area contributed by atoms with E-state index in [1.54, 1.807) is 0 Å². The highest BCUT2D eigenvalue weighted by atomic mass is 16.5. The van der Waals surface area contributed by atoms with Gasteiger partial charge >= 0.3 is 0 Å². The SMILES string of the molecule is CNC(c1cccc(OCc2ccccc2)c1)C(C)(C)C. The Morgan fingerprint density at radius 3 is 2.33 bits per heavy atom. The van der Waals surface area contributed by atoms with Gasteiger partial charge in [-0.2, -0.15) is 0 Å². The van der Waals surface area contributed by atoms with Crippen LogP contribution in [0.5, 0.6) is 5.75 Å². The molecule has 2 aromatic carbocycles. The van der Waals surface area contributed by atoms with Crippen LogP contribution in [0.15, 0.2) is 54.6 Å². The Labute approximate surface area is 128 Å². The van der Waals surface area contributed by atoms with Crippen molar-refractivity contribution in [2.24, 2.45) is 5.41 Å². The van der Waals surface area contributed by atoms with Gasteiger partial charge in [-0.05, 0) is 35.7 Å². The minimum absolute atomic E-state index is 0.160. The standard InChI is InChI=1S/C19H25NO/c1-19(2,3)18(20-4)16-11-8-12-17(13-16)21-14-15-9-6-5-7-10-15/h5-13,18,20H,14H2,1-4H3. The molecule has 0 spiro atoms. The van der Waals surface area contributed by atoms with E-state index >= 15 is 0 Å². The van der Waals surface area contributed by atoms with Gasteiger partial charge in [-0.3, -0.25) is 0 Å². The third kappa shape index (κ3) is 4.33. The molecular weight excluding hydrogens is 258 g/mol. The fraction of sp³-hybridized carbons (Fsp3) is 0.368. The monoisotopic (exact) mass is 283 g/mol. The zero-order valence-corrected chi connectivity index (χ0v) is 13.4. The maximum absolute atomic E-state index is 5.91. The zero-order valence-electron chi connectivity index (χ0n) is 13.4. The van der Waals surface area contributed by atoms with E-state index in [4.69, 9.17) is 4.74 Å². The fourth-order valence-electron chi connectivity index (χ4n) is 2.62. The van der Waals surface area contributed by atoms with Crippen LogP contribution < -0.4 is 10.1 Å². The molecule has 2 nitrogen and oxygen atoms in total. The Kier molecular flexibility index (Phi) is 5.03. The lowest BCUT2D eigenvalue weighted by Crippen LogP contribution is -2.29. The van der Waals surface area contributed by atoms with Crippen molar-refractivity contribution >= 4 is 0 Å². The normalized spacial score (nSPS) is 13.0. The van der Waals surface area contributed by atoms with E-state index < -0.39 is 0 Å². The predicted octanol–water partition coefficient (Wildman–Crippen LogP) is 4.57. The van der Waals surface area contributed by atoms with Crippen LogP contribution in [0.2, 0.25) is 0 Å². The number of hydrogen-bond acceptors (Lipinski definition) is 2. The second kappa shape index (κ2) is 6.77. The smallest absolute Gasteiger partial charge is 0.120 e. The average Bonchev–Trinajstić information content (AvgIpc) is 2.46. The second-order valence-electron chi connectivity index (χ2n) is 6.43. The molecule has 0 saturated carbocycles. The first kappa shape index (κ1) is 15.6. The largest absolute Gasteiger partial charge is 0.489 e. The first-order valence-corrected chi connectivity index (χ1v) is 7.44. The Morgan fingerprint density at radius 1 is 1.00 bits per heavy atom. The molecule has 1 N–H and O–H groups in total. The van der Waals surface area contributed by atoms with E-state index in [1.807, 2.05) is 31.3 Å². The van der Waals surface area contributed by atoms with Crippen LogP contribution in [-0.2, 0) is 6.61 Å². The van der Waals surface area contributed by atoms with Crippen molar-refractivity contribution in [3.63, 3.8) is 0 Å². The number of benzene rings is 2. The molecule has 21 heavy (non-hydrogen) atoms. The second-order valence-corrected chi connectivity index (χ2v) is 6.43. The average molecular weight is 283 g/mol. The molecule has 1 unspecified atom stereocenters. The Morgan fingerprint density at radius 2 is 1.71 bits per heavy atom. The molecule has 0 bridgehead atoms. The fourth-order valence-corrected chi connectivity index (χ4v) is 2.62. The molecule has 1 atom stereocenters. The molecule has 112 valence electrons. The summed E-state index contributed by atoms with van der Waals surface area (Å²) in [6.07, 6.45) is 0. The van der Waals surface area contributed by atoms with Gasteiger partial charge < -0.3 is 10.1 Å². The van der Waals surface area contributed by atoms with Crippen molar-refractivity contribution in [1.82, 2.24) is 5.32 Å². The van der Waals surface area contributed by atoms with E-state index in [0.717, 1.165) is 5.75 Å². The molecule has 0 radical (unpaired) electrons. The van der Waals surface area contributed by atoms with E-state index in [-0.39, 0.29) is 5.41 Å². The summed E-state index contributed by atoms with van der Waals surface area (Å²) >= 11 is 0. The third-order valence-electron chi connectivity index (χ3n) is 3.59. The maximum atomic E-state index is 5.91. The molecule has 0 heterocycles. The molecule has 0 amide bonds. The zero-order chi connectivity index (χ0) is 15.3. The lowest BCUT2D eigenvalue weighted by molar-refractivity contribution is 0.282. The van der Waals surface area contributed by atoms with Crippen LogP contribution in [0.4, 0.5) is 0 Å². The highest BCUT2D eigenvalue weighted by Gasteiger charge is 2.24. The Hall–Kier alpha value is -1.80. The van der Waals surface area contributed by atoms with Gasteiger partial charge in [0.05, 0.1) is 0 Å². The van der Waals surface area contributed by atoms with Gasteiger partial charge in [-0.1, -0.05) is 63.2 Å². The Balaban J connectivity index is 2.10. The van der Waals surface area contributed by atoms with E-state index in [0.29, 0.717) is 12.6 Å². The number of ether oxygens (including phenoxy) is 1. The molecular formula is C19H25NO. The predicted molar refractivity (Wildman–Crippen MR) is 88.5 cm³/mol. The van der Waals surface area contributed by atoms with Crippen LogP contribution in [-0.4, -0.2) is 7.05 Å². The Bertz CT molecular complexity index is 557. The van der Waals surface area contributed by atoms with Crippen molar-refractivity contribution in [1.29, 1.82) is 0 Å². The molecule has 2 heteroatoms. The van der Waals surface area contributed by atoms with E-state index in [2.05, 4.69) is 56.4 Å². The minimum atomic E-state index is 0.160. The van der Waals surface area contributed by atoms with Crippen molar-refractivity contribution in [2.45, 2.75) is 33.4 Å². The molecule has 0 fully saturated rings. The quantitative estimate of drug-likeness (QED) is 0.867. The van der Waals surface area contributed by atoms with Gasteiger partial charge in [0, 0.05) is 6.04 Å². The van der Waals surface area contributed by atoms with Gasteiger partial charge in [0.1, 0.15) is 12.4 Å². The van der Waals surface area contributed by atoms with Crippen LogP contribution in [0.25, 0.3) is 0 Å². The highest BCUT2D eigenvalue weighted by molar-refractivity contribution is 5.31. The summed E-state index contributed by atoms with van der Waals surface area (Å²) in [6, 6.07) is 18.9. The lowest BCUT2D eigenvalue weighted by atomic mass is 9.82. The molecule has 2 aromatic rings. The van der Waals surface area contributed by atoms with Gasteiger partial charge in [0.15, 0.2) is 0 Å². The lowest BCUT2D eigenvalue weighted by Gasteiger charge is -2.31. The summed E-state index contributed by atoms with van der Waals surface area (Å²) in [5.41, 5.74) is 2.60. The summed E-state index contributed by atoms with van der Waals surface area (Å²) in [5, 5.41) is 3.40. The maximum Gasteiger partial charge on any atom is 0.120 e. The summed E-state index contributed by atoms with van der Waals surface area (Å²) in [4.78, 5) is 0. The van der Waals surface area contributed by atoms with Crippen molar-refractivity contribution in [3.05, 3.63) is 65.7 Å². The molecule has 2 rings (SSSR count). The van der Waals surface area contributed by atoms with Gasteiger partial charge in [0.25, 0.3) is 0 Å². The molecule has 0 saturated heterocycles. The molecule has 0 aliphatic rings. The first-order valence-electron chi connectivity index (χ1n) is 7.44. The highest BCUT2D eigenvalue weighted by Crippen LogP contribution is 2.33. The number of nitrogens with one attached hydrogen (secondary N) is 1. The molecule has 0 aliphatic carbocycles. The van der Waals surface area contributed by atoms with Crippen LogP contribution >= 0.6 is 0 Å². The van der Waals surface area contributed by atoms with Crippen molar-refractivity contribution in [2.75, 3.05) is 7.05 Å². The van der Waals surface area contributed by atoms with E-state index in [9.17, 15) is 0 Å². The van der Waals surface area contributed by atoms with Crippen molar-refractivity contribution < 1.29 is 4.74 Å². The van der Waals surface area contributed by atoms with Crippen LogP contribution in [0.1, 0.15) is 37.9 Å². The van der Waals surface area contributed by atoms with Crippen LogP contribution in [0, 0.1) is 5.41 Å². The summed E-state index contributed by atoms with van der Waals surface area (Å²) in [7, 11) is 2.01.